The van der Waals surface area contributed by atoms with Crippen molar-refractivity contribution in [3.63, 3.8) is 0 Å². The SMILES string of the molecule is [C-]#[N+]c1ccc(N2C(=O)C(C)(C)N(CCCOc3ccc(-c4ccccc4)c(C#N)c3)C2=S)c(C)c1Cl. The zero-order valence-corrected chi connectivity index (χ0v) is 22.4. The molecule has 4 rings (SSSR count). The standard InChI is InChI=1S/C29H25ClN4O2S/c1-19-25(14-13-24(32-4)26(19)30)34-27(35)29(2,3)33(28(34)37)15-8-16-36-22-11-12-23(21(17-22)18-31)20-9-6-5-7-10-20/h5-7,9-14,17H,8,15-16H2,1-3H3. The summed E-state index contributed by atoms with van der Waals surface area (Å²) in [6.45, 7) is 13.6. The van der Waals surface area contributed by atoms with E-state index in [0.717, 1.165) is 11.1 Å². The number of ether oxygens (including phenoxy) is 1. The molecule has 37 heavy (non-hydrogen) atoms. The van der Waals surface area contributed by atoms with E-state index in [2.05, 4.69) is 10.9 Å². The van der Waals surface area contributed by atoms with Gasteiger partial charge in [-0.25, -0.2) is 4.85 Å². The fourth-order valence-electron chi connectivity index (χ4n) is 4.40. The molecule has 3 aromatic carbocycles. The number of carbonyl (C=O) groups is 1. The molecule has 0 saturated carbocycles. The summed E-state index contributed by atoms with van der Waals surface area (Å²) in [7, 11) is 0. The first-order chi connectivity index (χ1) is 17.7. The molecule has 1 fully saturated rings. The first-order valence-corrected chi connectivity index (χ1v) is 12.5. The molecule has 0 unspecified atom stereocenters. The van der Waals surface area contributed by atoms with Gasteiger partial charge in [-0.3, -0.25) is 9.69 Å². The monoisotopic (exact) mass is 528 g/mol. The van der Waals surface area contributed by atoms with Crippen molar-refractivity contribution in [2.24, 2.45) is 0 Å². The van der Waals surface area contributed by atoms with E-state index in [0.29, 0.717) is 58.0 Å². The molecular formula is C29H25ClN4O2S. The number of hydrogen-bond acceptors (Lipinski definition) is 4. The second kappa shape index (κ2) is 10.6. The van der Waals surface area contributed by atoms with Gasteiger partial charge in [0.15, 0.2) is 5.11 Å². The maximum Gasteiger partial charge on any atom is 0.258 e. The predicted molar refractivity (Wildman–Crippen MR) is 150 cm³/mol. The van der Waals surface area contributed by atoms with E-state index in [1.54, 1.807) is 25.1 Å². The molecule has 1 heterocycles. The fraction of sp³-hybridized carbons (Fsp3) is 0.241. The number of amides is 1. The normalized spacial score (nSPS) is 14.4. The molecule has 0 radical (unpaired) electrons. The molecule has 0 bridgehead atoms. The van der Waals surface area contributed by atoms with Gasteiger partial charge < -0.3 is 9.64 Å². The number of nitrogens with zero attached hydrogens (tertiary/aromatic N) is 4. The number of nitriles is 1. The highest BCUT2D eigenvalue weighted by Crippen LogP contribution is 2.39. The van der Waals surface area contributed by atoms with E-state index >= 15 is 0 Å². The van der Waals surface area contributed by atoms with Gasteiger partial charge in [0, 0.05) is 6.54 Å². The highest BCUT2D eigenvalue weighted by molar-refractivity contribution is 7.80. The number of anilines is 1. The Labute approximate surface area is 227 Å². The molecule has 1 amide bonds. The molecule has 6 nitrogen and oxygen atoms in total. The highest BCUT2D eigenvalue weighted by Gasteiger charge is 2.49. The molecule has 186 valence electrons. The van der Waals surface area contributed by atoms with Crippen LogP contribution in [0.15, 0.2) is 60.7 Å². The lowest BCUT2D eigenvalue weighted by Gasteiger charge is -2.29. The van der Waals surface area contributed by atoms with Crippen molar-refractivity contribution >= 4 is 46.2 Å². The van der Waals surface area contributed by atoms with Gasteiger partial charge in [-0.05, 0) is 80.4 Å². The van der Waals surface area contributed by atoms with Crippen LogP contribution in [0.3, 0.4) is 0 Å². The summed E-state index contributed by atoms with van der Waals surface area (Å²) in [5.74, 6) is 0.464. The summed E-state index contributed by atoms with van der Waals surface area (Å²) >= 11 is 12.1. The summed E-state index contributed by atoms with van der Waals surface area (Å²) in [6.07, 6.45) is 0.614. The Morgan fingerprint density at radius 1 is 1.16 bits per heavy atom. The van der Waals surface area contributed by atoms with Crippen LogP contribution in [0.2, 0.25) is 5.02 Å². The molecule has 1 saturated heterocycles. The van der Waals surface area contributed by atoms with Crippen molar-refractivity contribution in [2.45, 2.75) is 32.7 Å². The molecule has 3 aromatic rings. The largest absolute Gasteiger partial charge is 0.493 e. The Balaban J connectivity index is 1.44. The van der Waals surface area contributed by atoms with Crippen molar-refractivity contribution in [3.8, 4) is 22.9 Å². The second-order valence-corrected chi connectivity index (χ2v) is 9.92. The van der Waals surface area contributed by atoms with Gasteiger partial charge in [0.05, 0.1) is 35.5 Å². The second-order valence-electron chi connectivity index (χ2n) is 9.18. The first-order valence-electron chi connectivity index (χ1n) is 11.8. The summed E-state index contributed by atoms with van der Waals surface area (Å²) < 4.78 is 5.94. The number of benzene rings is 3. The van der Waals surface area contributed by atoms with Crippen LogP contribution in [0.1, 0.15) is 31.4 Å². The smallest absolute Gasteiger partial charge is 0.258 e. The van der Waals surface area contributed by atoms with Crippen molar-refractivity contribution in [1.29, 1.82) is 5.26 Å². The van der Waals surface area contributed by atoms with E-state index in [-0.39, 0.29) is 5.91 Å². The van der Waals surface area contributed by atoms with Crippen molar-refractivity contribution < 1.29 is 9.53 Å². The van der Waals surface area contributed by atoms with Crippen LogP contribution in [0, 0.1) is 24.8 Å². The fourth-order valence-corrected chi connectivity index (χ4v) is 5.10. The van der Waals surface area contributed by atoms with Gasteiger partial charge in [0.2, 0.25) is 5.69 Å². The third-order valence-electron chi connectivity index (χ3n) is 6.51. The van der Waals surface area contributed by atoms with Gasteiger partial charge >= 0.3 is 0 Å². The summed E-state index contributed by atoms with van der Waals surface area (Å²) in [6, 6.07) is 20.8. The maximum absolute atomic E-state index is 13.4. The van der Waals surface area contributed by atoms with E-state index < -0.39 is 5.54 Å². The summed E-state index contributed by atoms with van der Waals surface area (Å²) in [5, 5.41) is 10.3. The quantitative estimate of drug-likeness (QED) is 0.189. The number of carbonyl (C=O) groups excluding carboxylic acids is 1. The van der Waals surface area contributed by atoms with Crippen LogP contribution in [0.5, 0.6) is 5.75 Å². The Morgan fingerprint density at radius 3 is 2.57 bits per heavy atom. The van der Waals surface area contributed by atoms with E-state index in [4.69, 9.17) is 35.1 Å². The number of thiocarbonyl (C=S) groups is 1. The Bertz CT molecular complexity index is 1460. The third kappa shape index (κ3) is 4.89. The van der Waals surface area contributed by atoms with Crippen LogP contribution in [0.25, 0.3) is 16.0 Å². The lowest BCUT2D eigenvalue weighted by atomic mass is 10.0. The molecule has 1 aliphatic rings. The van der Waals surface area contributed by atoms with Gasteiger partial charge in [0.25, 0.3) is 5.91 Å². The molecule has 0 aromatic heterocycles. The Kier molecular flexibility index (Phi) is 7.50. The summed E-state index contributed by atoms with van der Waals surface area (Å²) in [5.41, 5.74) is 3.10. The molecule has 0 spiro atoms. The Morgan fingerprint density at radius 2 is 1.89 bits per heavy atom. The predicted octanol–water partition coefficient (Wildman–Crippen LogP) is 6.92. The minimum Gasteiger partial charge on any atom is -0.493 e. The first kappa shape index (κ1) is 26.2. The van der Waals surface area contributed by atoms with Crippen molar-refractivity contribution in [1.82, 2.24) is 4.90 Å². The number of halogens is 1. The average molecular weight is 529 g/mol. The van der Waals surface area contributed by atoms with E-state index in [1.165, 1.54) is 4.90 Å². The van der Waals surface area contributed by atoms with Crippen LogP contribution in [-0.2, 0) is 4.79 Å². The highest BCUT2D eigenvalue weighted by atomic mass is 35.5. The Hall–Kier alpha value is -3.91. The van der Waals surface area contributed by atoms with E-state index in [1.807, 2.05) is 61.2 Å². The molecule has 0 N–H and O–H groups in total. The number of rotatable bonds is 7. The number of hydrogen-bond donors (Lipinski definition) is 0. The molecule has 1 aliphatic heterocycles. The van der Waals surface area contributed by atoms with E-state index in [9.17, 15) is 10.1 Å². The maximum atomic E-state index is 13.4. The zero-order valence-electron chi connectivity index (χ0n) is 20.8. The van der Waals surface area contributed by atoms with Crippen LogP contribution < -0.4 is 9.64 Å². The van der Waals surface area contributed by atoms with Crippen molar-refractivity contribution in [3.05, 3.63) is 88.2 Å². The minimum absolute atomic E-state index is 0.150. The third-order valence-corrected chi connectivity index (χ3v) is 7.39. The van der Waals surface area contributed by atoms with Crippen LogP contribution in [-0.4, -0.2) is 34.6 Å². The van der Waals surface area contributed by atoms with Crippen LogP contribution >= 0.6 is 23.8 Å². The van der Waals surface area contributed by atoms with Crippen LogP contribution in [0.4, 0.5) is 11.4 Å². The lowest BCUT2D eigenvalue weighted by Crippen LogP contribution is -2.44. The molecule has 0 atom stereocenters. The molecule has 8 heteroatoms. The van der Waals surface area contributed by atoms with Gasteiger partial charge in [-0.1, -0.05) is 48.0 Å². The minimum atomic E-state index is -0.847. The van der Waals surface area contributed by atoms with Gasteiger partial charge in [0.1, 0.15) is 11.3 Å². The average Bonchev–Trinajstić information content (AvgIpc) is 3.07. The molecular weight excluding hydrogens is 504 g/mol. The molecule has 0 aliphatic carbocycles. The topological polar surface area (TPSA) is 60.9 Å². The summed E-state index contributed by atoms with van der Waals surface area (Å²) in [4.78, 5) is 20.2. The van der Waals surface area contributed by atoms with Crippen molar-refractivity contribution in [2.75, 3.05) is 18.1 Å². The van der Waals surface area contributed by atoms with Gasteiger partial charge in [-0.2, -0.15) is 5.26 Å². The zero-order chi connectivity index (χ0) is 26.7. The lowest BCUT2D eigenvalue weighted by molar-refractivity contribution is -0.123. The van der Waals surface area contributed by atoms with Gasteiger partial charge in [-0.15, -0.1) is 0 Å².